The van der Waals surface area contributed by atoms with E-state index in [2.05, 4.69) is 52.1 Å². The molecule has 1 aromatic carbocycles. The van der Waals surface area contributed by atoms with E-state index in [4.69, 9.17) is 19.4 Å². The predicted molar refractivity (Wildman–Crippen MR) is 147 cm³/mol. The largest absolute Gasteiger partial charge is 0.365 e. The highest BCUT2D eigenvalue weighted by Crippen LogP contribution is 2.48. The van der Waals surface area contributed by atoms with Crippen LogP contribution in [0.25, 0.3) is 11.2 Å². The minimum absolute atomic E-state index is 0.0394. The van der Waals surface area contributed by atoms with Crippen LogP contribution in [0.2, 0.25) is 0 Å². The van der Waals surface area contributed by atoms with Gasteiger partial charge in [0, 0.05) is 23.8 Å². The number of hydrogen-bond acceptors (Lipinski definition) is 9. The van der Waals surface area contributed by atoms with Crippen molar-refractivity contribution in [2.75, 3.05) is 11.1 Å². The monoisotopic (exact) mass is 549 g/mol. The van der Waals surface area contributed by atoms with Gasteiger partial charge in [0.1, 0.15) is 12.2 Å². The molecule has 0 radical (unpaired) electrons. The van der Waals surface area contributed by atoms with E-state index in [9.17, 15) is 4.79 Å². The third kappa shape index (κ3) is 4.89. The standard InChI is InChI=1S/C28H35N7O3S/c1-4-12-39-27-31-24(30-19-13-17(19)15-8-6-5-7-9-15)21-25(32-27)35(34-33-21)20-14-18(26(36)29-16-10-11-16)22-23(20)38-28(2,3)37-22/h5-9,16-20,22-23H,4,10-14H2,1-3H3,(H,29,36)(H,30,31,32). The molecule has 1 aliphatic heterocycles. The van der Waals surface area contributed by atoms with Gasteiger partial charge in [0.25, 0.3) is 0 Å². The van der Waals surface area contributed by atoms with E-state index in [-0.39, 0.29) is 30.1 Å². The zero-order chi connectivity index (χ0) is 26.7. The summed E-state index contributed by atoms with van der Waals surface area (Å²) in [6.07, 6.45) is 4.07. The number of hydrogen-bond donors (Lipinski definition) is 2. The molecular formula is C28H35N7O3S. The SMILES string of the molecule is CCCSc1nc(NC2CC2c2ccccc2)c2nnn(C3CC(C(=O)NC4CC4)C4OC(C)(C)OC43)c2n1. The summed E-state index contributed by atoms with van der Waals surface area (Å²) < 4.78 is 14.5. The van der Waals surface area contributed by atoms with E-state index >= 15 is 0 Å². The van der Waals surface area contributed by atoms with Crippen molar-refractivity contribution in [2.24, 2.45) is 5.92 Å². The molecule has 11 heteroatoms. The number of ether oxygens (including phenoxy) is 2. The van der Waals surface area contributed by atoms with Crippen molar-refractivity contribution in [3.63, 3.8) is 0 Å². The average Bonchev–Trinajstić information content (AvgIpc) is 3.79. The van der Waals surface area contributed by atoms with Gasteiger partial charge in [0.15, 0.2) is 27.9 Å². The Labute approximate surface area is 232 Å². The minimum Gasteiger partial charge on any atom is -0.365 e. The van der Waals surface area contributed by atoms with E-state index in [1.54, 1.807) is 11.8 Å². The second kappa shape index (κ2) is 9.71. The number of rotatable bonds is 9. The average molecular weight is 550 g/mol. The summed E-state index contributed by atoms with van der Waals surface area (Å²) in [5.41, 5.74) is 2.65. The first kappa shape index (κ1) is 25.2. The molecule has 206 valence electrons. The van der Waals surface area contributed by atoms with Crippen molar-refractivity contribution < 1.29 is 14.3 Å². The van der Waals surface area contributed by atoms with Gasteiger partial charge in [-0.1, -0.05) is 54.2 Å². The predicted octanol–water partition coefficient (Wildman–Crippen LogP) is 4.05. The molecule has 1 saturated heterocycles. The molecule has 2 aromatic heterocycles. The Kier molecular flexibility index (Phi) is 6.28. The summed E-state index contributed by atoms with van der Waals surface area (Å²) in [5.74, 6) is 1.04. The Morgan fingerprint density at radius 3 is 2.69 bits per heavy atom. The molecule has 4 fully saturated rings. The van der Waals surface area contributed by atoms with E-state index in [1.807, 2.05) is 24.6 Å². The molecule has 6 unspecified atom stereocenters. The fourth-order valence-corrected chi connectivity index (χ4v) is 6.67. The number of nitrogens with zero attached hydrogens (tertiary/aromatic N) is 5. The van der Waals surface area contributed by atoms with Gasteiger partial charge in [-0.05, 0) is 51.5 Å². The quantitative estimate of drug-likeness (QED) is 0.301. The van der Waals surface area contributed by atoms with Gasteiger partial charge in [-0.15, -0.1) is 5.10 Å². The number of thioether (sulfide) groups is 1. The number of benzene rings is 1. The van der Waals surface area contributed by atoms with Crippen molar-refractivity contribution in [3.05, 3.63) is 35.9 Å². The first-order chi connectivity index (χ1) is 18.9. The molecule has 3 aliphatic carbocycles. The number of anilines is 1. The van der Waals surface area contributed by atoms with Crippen molar-refractivity contribution in [1.82, 2.24) is 30.3 Å². The van der Waals surface area contributed by atoms with Crippen LogP contribution in [0.5, 0.6) is 0 Å². The number of fused-ring (bicyclic) bond motifs is 2. The lowest BCUT2D eigenvalue weighted by molar-refractivity contribution is -0.163. The lowest BCUT2D eigenvalue weighted by Crippen LogP contribution is -2.38. The maximum Gasteiger partial charge on any atom is 0.226 e. The van der Waals surface area contributed by atoms with E-state index < -0.39 is 5.79 Å². The fraction of sp³-hybridized carbons (Fsp3) is 0.607. The van der Waals surface area contributed by atoms with Gasteiger partial charge >= 0.3 is 0 Å². The van der Waals surface area contributed by atoms with Gasteiger partial charge in [-0.2, -0.15) is 0 Å². The third-order valence-corrected chi connectivity index (χ3v) is 9.14. The number of carbonyl (C=O) groups excluding carboxylic acids is 1. The van der Waals surface area contributed by atoms with Gasteiger partial charge in [0.05, 0.1) is 12.0 Å². The highest BCUT2D eigenvalue weighted by atomic mass is 32.2. The van der Waals surface area contributed by atoms with Crippen molar-refractivity contribution >= 4 is 34.7 Å². The molecule has 6 atom stereocenters. The van der Waals surface area contributed by atoms with Crippen LogP contribution in [0.3, 0.4) is 0 Å². The third-order valence-electron chi connectivity index (χ3n) is 8.09. The lowest BCUT2D eigenvalue weighted by Gasteiger charge is -2.23. The Bertz CT molecular complexity index is 1380. The summed E-state index contributed by atoms with van der Waals surface area (Å²) in [7, 11) is 0. The smallest absolute Gasteiger partial charge is 0.226 e. The van der Waals surface area contributed by atoms with Crippen LogP contribution in [-0.2, 0) is 14.3 Å². The van der Waals surface area contributed by atoms with Crippen LogP contribution in [0.1, 0.15) is 70.4 Å². The molecular weight excluding hydrogens is 514 g/mol. The van der Waals surface area contributed by atoms with Gasteiger partial charge in [-0.25, -0.2) is 14.6 Å². The Balaban J connectivity index is 1.21. The van der Waals surface area contributed by atoms with Gasteiger partial charge in [-0.3, -0.25) is 4.79 Å². The van der Waals surface area contributed by atoms with Crippen LogP contribution >= 0.6 is 11.8 Å². The molecule has 3 aromatic rings. The lowest BCUT2D eigenvalue weighted by atomic mass is 10.0. The van der Waals surface area contributed by atoms with Crippen molar-refractivity contribution in [1.29, 1.82) is 0 Å². The normalized spacial score (nSPS) is 30.8. The number of carbonyl (C=O) groups is 1. The Morgan fingerprint density at radius 1 is 1.13 bits per heavy atom. The molecule has 2 N–H and O–H groups in total. The summed E-state index contributed by atoms with van der Waals surface area (Å²) in [6, 6.07) is 10.9. The molecule has 39 heavy (non-hydrogen) atoms. The van der Waals surface area contributed by atoms with Crippen molar-refractivity contribution in [2.45, 2.75) is 100 Å². The van der Waals surface area contributed by atoms with Crippen LogP contribution in [0.4, 0.5) is 5.82 Å². The van der Waals surface area contributed by atoms with E-state index in [0.29, 0.717) is 40.7 Å². The molecule has 0 spiro atoms. The van der Waals surface area contributed by atoms with Crippen LogP contribution in [-0.4, -0.2) is 66.7 Å². The maximum atomic E-state index is 13.2. The van der Waals surface area contributed by atoms with E-state index in [1.165, 1.54) is 5.56 Å². The van der Waals surface area contributed by atoms with Gasteiger partial charge < -0.3 is 20.1 Å². The number of amides is 1. The molecule has 10 nitrogen and oxygen atoms in total. The number of aromatic nitrogens is 5. The molecule has 7 rings (SSSR count). The summed E-state index contributed by atoms with van der Waals surface area (Å²) in [5, 5.41) is 16.7. The van der Waals surface area contributed by atoms with Gasteiger partial charge in [0.2, 0.25) is 5.91 Å². The van der Waals surface area contributed by atoms with Crippen molar-refractivity contribution in [3.8, 4) is 0 Å². The number of nitrogens with one attached hydrogen (secondary N) is 2. The Hall–Kier alpha value is -2.76. The Morgan fingerprint density at radius 2 is 1.92 bits per heavy atom. The maximum absolute atomic E-state index is 13.2. The van der Waals surface area contributed by atoms with Crippen LogP contribution < -0.4 is 10.6 Å². The second-order valence-corrected chi connectivity index (χ2v) is 12.7. The van der Waals surface area contributed by atoms with E-state index in [0.717, 1.165) is 37.3 Å². The van der Waals surface area contributed by atoms with Crippen LogP contribution in [0, 0.1) is 5.92 Å². The first-order valence-electron chi connectivity index (χ1n) is 14.1. The zero-order valence-electron chi connectivity index (χ0n) is 22.5. The topological polar surface area (TPSA) is 116 Å². The second-order valence-electron chi connectivity index (χ2n) is 11.7. The molecule has 0 bridgehead atoms. The first-order valence-corrected chi connectivity index (χ1v) is 15.1. The minimum atomic E-state index is -0.773. The van der Waals surface area contributed by atoms with Crippen LogP contribution in [0.15, 0.2) is 35.5 Å². The highest BCUT2D eigenvalue weighted by Gasteiger charge is 2.57. The molecule has 3 saturated carbocycles. The molecule has 4 aliphatic rings. The summed E-state index contributed by atoms with van der Waals surface area (Å²) in [6.45, 7) is 5.95. The summed E-state index contributed by atoms with van der Waals surface area (Å²) >= 11 is 1.64. The molecule has 3 heterocycles. The summed E-state index contributed by atoms with van der Waals surface area (Å²) in [4.78, 5) is 23.0. The fourth-order valence-electron chi connectivity index (χ4n) is 5.98. The highest BCUT2D eigenvalue weighted by molar-refractivity contribution is 7.99. The zero-order valence-corrected chi connectivity index (χ0v) is 23.4. The molecule has 1 amide bonds.